The highest BCUT2D eigenvalue weighted by atomic mass is 16.3. The molecule has 0 bridgehead atoms. The van der Waals surface area contributed by atoms with Crippen LogP contribution in [0.15, 0.2) is 33.9 Å². The van der Waals surface area contributed by atoms with Gasteiger partial charge in [0, 0.05) is 50.3 Å². The molecule has 286 valence electrons. The van der Waals surface area contributed by atoms with E-state index >= 15 is 0 Å². The summed E-state index contributed by atoms with van der Waals surface area (Å²) >= 11 is 0. The summed E-state index contributed by atoms with van der Waals surface area (Å²) in [6.07, 6.45) is 17.7. The number of benzene rings is 1. The van der Waals surface area contributed by atoms with Crippen molar-refractivity contribution in [2.24, 2.45) is 7.05 Å². The van der Waals surface area contributed by atoms with Gasteiger partial charge in [0.05, 0.1) is 18.6 Å². The van der Waals surface area contributed by atoms with E-state index < -0.39 is 11.2 Å². The number of carbonyl (C=O) groups is 1. The zero-order valence-electron chi connectivity index (χ0n) is 32.0. The van der Waals surface area contributed by atoms with Crippen molar-refractivity contribution in [1.82, 2.24) is 34.0 Å². The van der Waals surface area contributed by atoms with Crippen LogP contribution in [-0.4, -0.2) is 65.4 Å². The number of nitrogens with one attached hydrogen (secondary N) is 1. The summed E-state index contributed by atoms with van der Waals surface area (Å²) in [5.41, 5.74) is 1.19. The van der Waals surface area contributed by atoms with Crippen molar-refractivity contribution in [3.63, 3.8) is 0 Å². The number of anilines is 1. The van der Waals surface area contributed by atoms with E-state index in [2.05, 4.69) is 32.0 Å². The van der Waals surface area contributed by atoms with Gasteiger partial charge in [0.15, 0.2) is 11.2 Å². The molecule has 2 N–H and O–H groups in total. The molecule has 4 heterocycles. The molecule has 0 aliphatic carbocycles. The van der Waals surface area contributed by atoms with Crippen LogP contribution in [0, 0.1) is 18.8 Å². The highest BCUT2D eigenvalue weighted by Gasteiger charge is 2.28. The third-order valence-corrected chi connectivity index (χ3v) is 10.4. The van der Waals surface area contributed by atoms with Gasteiger partial charge in [-0.1, -0.05) is 94.7 Å². The number of aliphatic hydroxyl groups is 1. The lowest BCUT2D eigenvalue weighted by Crippen LogP contribution is -2.48. The lowest BCUT2D eigenvalue weighted by Gasteiger charge is -2.34. The van der Waals surface area contributed by atoms with Crippen molar-refractivity contribution < 1.29 is 9.90 Å². The lowest BCUT2D eigenvalue weighted by molar-refractivity contribution is -0.122. The Morgan fingerprint density at radius 3 is 2.25 bits per heavy atom. The second-order valence-electron chi connectivity index (χ2n) is 14.5. The number of piperidine rings is 1. The van der Waals surface area contributed by atoms with E-state index in [4.69, 9.17) is 10.1 Å². The number of rotatable bonds is 20. The first-order valence-corrected chi connectivity index (χ1v) is 19.8. The molecule has 1 unspecified atom stereocenters. The number of unbranched alkanes of at least 4 members (excludes halogenated alkanes) is 12. The molecule has 12 nitrogen and oxygen atoms in total. The topological polar surface area (TPSA) is 140 Å². The van der Waals surface area contributed by atoms with Crippen LogP contribution in [0.3, 0.4) is 0 Å². The second kappa shape index (κ2) is 20.1. The quantitative estimate of drug-likeness (QED) is 0.0866. The fourth-order valence-corrected chi connectivity index (χ4v) is 7.47. The smallest absolute Gasteiger partial charge is 0.332 e. The van der Waals surface area contributed by atoms with E-state index in [1.807, 2.05) is 35.8 Å². The van der Waals surface area contributed by atoms with Gasteiger partial charge in [-0.25, -0.2) is 14.8 Å². The third kappa shape index (κ3) is 10.6. The van der Waals surface area contributed by atoms with Gasteiger partial charge in [-0.05, 0) is 45.6 Å². The molecule has 0 radical (unpaired) electrons. The third-order valence-electron chi connectivity index (χ3n) is 10.4. The summed E-state index contributed by atoms with van der Waals surface area (Å²) in [6.45, 7) is 5.41. The van der Waals surface area contributed by atoms with E-state index in [0.29, 0.717) is 49.1 Å². The minimum atomic E-state index is -0.490. The van der Waals surface area contributed by atoms with E-state index in [1.54, 1.807) is 14.0 Å². The van der Waals surface area contributed by atoms with Crippen LogP contribution in [0.2, 0.25) is 0 Å². The summed E-state index contributed by atoms with van der Waals surface area (Å²) in [6, 6.07) is 7.64. The Labute approximate surface area is 313 Å². The Morgan fingerprint density at radius 1 is 0.906 bits per heavy atom. The van der Waals surface area contributed by atoms with Crippen LogP contribution in [0.5, 0.6) is 0 Å². The van der Waals surface area contributed by atoms with Crippen molar-refractivity contribution in [3.05, 3.63) is 56.6 Å². The first-order chi connectivity index (χ1) is 25.8. The molecule has 53 heavy (non-hydrogen) atoms. The summed E-state index contributed by atoms with van der Waals surface area (Å²) in [7, 11) is 1.63. The molecule has 1 amide bonds. The van der Waals surface area contributed by atoms with E-state index in [1.165, 1.54) is 66.9 Å². The Bertz CT molecular complexity index is 2000. The van der Waals surface area contributed by atoms with Gasteiger partial charge in [-0.3, -0.25) is 23.3 Å². The Morgan fingerprint density at radius 2 is 1.57 bits per heavy atom. The Balaban J connectivity index is 1.18. The molecule has 1 aliphatic heterocycles. The number of amides is 1. The predicted molar refractivity (Wildman–Crippen MR) is 211 cm³/mol. The minimum absolute atomic E-state index is 0.0368. The van der Waals surface area contributed by atoms with Gasteiger partial charge in [0.25, 0.3) is 5.56 Å². The number of aryl methyl sites for hydroxylation is 2. The first-order valence-electron chi connectivity index (χ1n) is 19.8. The van der Waals surface area contributed by atoms with Gasteiger partial charge >= 0.3 is 5.69 Å². The number of para-hydroxylation sites is 1. The molecule has 0 spiro atoms. The zero-order chi connectivity index (χ0) is 37.6. The van der Waals surface area contributed by atoms with Gasteiger partial charge in [0.1, 0.15) is 5.82 Å². The van der Waals surface area contributed by atoms with Gasteiger partial charge in [-0.15, -0.1) is 5.92 Å². The van der Waals surface area contributed by atoms with Crippen molar-refractivity contribution in [3.8, 4) is 11.8 Å². The van der Waals surface area contributed by atoms with Crippen LogP contribution in [-0.2, 0) is 24.9 Å². The maximum Gasteiger partial charge on any atom is 0.332 e. The SMILES string of the molecule is CC#CCn1c(N2CCCC(NC(=O)CCCCCCCCCCCCCCCO)C2)nc2c1c(=O)n(Cc1nc(C)c3ccccc3n1)c(=O)n2C. The largest absolute Gasteiger partial charge is 0.396 e. The lowest BCUT2D eigenvalue weighted by atomic mass is 10.0. The maximum atomic E-state index is 14.1. The molecular formula is C41H58N8O4. The van der Waals surface area contributed by atoms with Crippen molar-refractivity contribution in [2.45, 2.75) is 136 Å². The van der Waals surface area contributed by atoms with E-state index in [9.17, 15) is 14.4 Å². The molecule has 1 aliphatic rings. The summed E-state index contributed by atoms with van der Waals surface area (Å²) in [4.78, 5) is 56.9. The average Bonchev–Trinajstić information content (AvgIpc) is 3.55. The highest BCUT2D eigenvalue weighted by molar-refractivity contribution is 5.80. The monoisotopic (exact) mass is 726 g/mol. The molecule has 4 aromatic rings. The van der Waals surface area contributed by atoms with Gasteiger partial charge in [0.2, 0.25) is 11.9 Å². The molecule has 0 saturated carbocycles. The predicted octanol–water partition coefficient (Wildman–Crippen LogP) is 5.76. The van der Waals surface area contributed by atoms with Crippen LogP contribution >= 0.6 is 0 Å². The number of carbonyl (C=O) groups excluding carboxylic acids is 1. The summed E-state index contributed by atoms with van der Waals surface area (Å²) < 4.78 is 4.40. The zero-order valence-corrected chi connectivity index (χ0v) is 32.0. The molecule has 1 fully saturated rings. The Hall–Kier alpha value is -4.50. The van der Waals surface area contributed by atoms with Crippen LogP contribution in [0.4, 0.5) is 5.95 Å². The number of hydrogen-bond acceptors (Lipinski definition) is 8. The fraction of sp³-hybridized carbons (Fsp3) is 0.610. The average molecular weight is 727 g/mol. The number of aliphatic hydroxyl groups excluding tert-OH is 1. The number of imidazole rings is 1. The molecule has 3 aromatic heterocycles. The van der Waals surface area contributed by atoms with Crippen LogP contribution in [0.1, 0.15) is 121 Å². The van der Waals surface area contributed by atoms with E-state index in [0.717, 1.165) is 55.1 Å². The van der Waals surface area contributed by atoms with E-state index in [-0.39, 0.29) is 25.0 Å². The number of nitrogens with zero attached hydrogens (tertiary/aromatic N) is 7. The summed E-state index contributed by atoms with van der Waals surface area (Å²) in [5, 5.41) is 13.0. The number of fused-ring (bicyclic) bond motifs is 2. The molecule has 5 rings (SSSR count). The number of aromatic nitrogens is 6. The van der Waals surface area contributed by atoms with Crippen molar-refractivity contribution in [2.75, 3.05) is 24.6 Å². The highest BCUT2D eigenvalue weighted by Crippen LogP contribution is 2.24. The molecule has 1 aromatic carbocycles. The molecular weight excluding hydrogens is 669 g/mol. The molecule has 1 saturated heterocycles. The van der Waals surface area contributed by atoms with Gasteiger partial charge < -0.3 is 15.3 Å². The standard InChI is InChI=1S/C41H58N8O4/c1-4-5-27-48-37-38(46(3)41(53)49(39(37)52)30-35-42-31(2)33-23-18-19-24-34(33)44-35)45-40(48)47-26-21-22-32(29-47)43-36(51)25-17-15-13-11-9-7-6-8-10-12-14-16-20-28-50/h18-19,23-24,32,50H,6-17,20-22,25-30H2,1-3H3,(H,43,51). The first kappa shape index (κ1) is 39.7. The van der Waals surface area contributed by atoms with Crippen LogP contribution in [0.25, 0.3) is 22.1 Å². The fourth-order valence-electron chi connectivity index (χ4n) is 7.47. The van der Waals surface area contributed by atoms with Crippen molar-refractivity contribution in [1.29, 1.82) is 0 Å². The molecule has 1 atom stereocenters. The Kier molecular flexibility index (Phi) is 15.0. The minimum Gasteiger partial charge on any atom is -0.396 e. The normalized spacial score (nSPS) is 14.5. The van der Waals surface area contributed by atoms with Crippen LogP contribution < -0.4 is 21.5 Å². The maximum absolute atomic E-state index is 14.1. The number of hydrogen-bond donors (Lipinski definition) is 2. The van der Waals surface area contributed by atoms with Gasteiger partial charge in [-0.2, -0.15) is 4.98 Å². The molecule has 12 heteroatoms. The second-order valence-corrected chi connectivity index (χ2v) is 14.5. The summed E-state index contributed by atoms with van der Waals surface area (Å²) in [5.74, 6) is 7.07. The van der Waals surface area contributed by atoms with Crippen molar-refractivity contribution >= 4 is 33.9 Å².